The molecular weight excluding hydrogens is 152 g/mol. The van der Waals surface area contributed by atoms with Gasteiger partial charge in [-0.2, -0.15) is 0 Å². The fourth-order valence-corrected chi connectivity index (χ4v) is 1.70. The maximum Gasteiger partial charge on any atom is 0.417 e. The molecule has 71 valence electrons. The van der Waals surface area contributed by atoms with Gasteiger partial charge >= 0.3 is 6.47 Å². The third-order valence-electron chi connectivity index (χ3n) is 1.74. The van der Waals surface area contributed by atoms with Crippen LogP contribution in [0.5, 0.6) is 0 Å². The molecule has 0 rings (SSSR count). The standard InChI is InChI=1S/C10H19O2/c1-9(2,3)8(12-7-11)10(4,5)6/h8H,1-6H3. The first-order valence-corrected chi connectivity index (χ1v) is 4.22. The van der Waals surface area contributed by atoms with E-state index in [-0.39, 0.29) is 16.9 Å². The van der Waals surface area contributed by atoms with E-state index in [1.165, 1.54) is 6.47 Å². The van der Waals surface area contributed by atoms with Crippen LogP contribution in [-0.4, -0.2) is 12.6 Å². The zero-order valence-corrected chi connectivity index (χ0v) is 8.89. The van der Waals surface area contributed by atoms with Crippen LogP contribution in [0.2, 0.25) is 0 Å². The molecule has 0 unspecified atom stereocenters. The fourth-order valence-electron chi connectivity index (χ4n) is 1.70. The molecule has 1 radical (unpaired) electrons. The van der Waals surface area contributed by atoms with Crippen molar-refractivity contribution in [3.8, 4) is 0 Å². The second-order valence-corrected chi connectivity index (χ2v) is 5.31. The number of hydrogen-bond donors (Lipinski definition) is 0. The van der Waals surface area contributed by atoms with Gasteiger partial charge in [-0.3, -0.25) is 0 Å². The Kier molecular flexibility index (Phi) is 3.31. The van der Waals surface area contributed by atoms with Crippen LogP contribution in [0.4, 0.5) is 0 Å². The highest BCUT2D eigenvalue weighted by Crippen LogP contribution is 2.35. The average Bonchev–Trinajstić information content (AvgIpc) is 1.77. The van der Waals surface area contributed by atoms with Gasteiger partial charge in [0.05, 0.1) is 0 Å². The van der Waals surface area contributed by atoms with E-state index in [4.69, 9.17) is 4.74 Å². The smallest absolute Gasteiger partial charge is 0.417 e. The SMILES string of the molecule is CC(C)(C)C(O[C]=O)C(C)(C)C. The topological polar surface area (TPSA) is 26.3 Å². The van der Waals surface area contributed by atoms with Crippen LogP contribution in [0.1, 0.15) is 41.5 Å². The maximum atomic E-state index is 10.2. The summed E-state index contributed by atoms with van der Waals surface area (Å²) >= 11 is 0. The molecular formula is C10H19O2. The monoisotopic (exact) mass is 171 g/mol. The van der Waals surface area contributed by atoms with Gasteiger partial charge in [0.2, 0.25) is 0 Å². The molecule has 0 bridgehead atoms. The minimum absolute atomic E-state index is 0.0321. The number of carbonyl (C=O) groups excluding carboxylic acids is 1. The predicted octanol–water partition coefficient (Wildman–Crippen LogP) is 2.53. The molecule has 0 aromatic carbocycles. The van der Waals surface area contributed by atoms with Crippen LogP contribution in [0, 0.1) is 10.8 Å². The highest BCUT2D eigenvalue weighted by atomic mass is 16.5. The number of rotatable bonds is 2. The van der Waals surface area contributed by atoms with E-state index in [2.05, 4.69) is 41.5 Å². The van der Waals surface area contributed by atoms with Crippen molar-refractivity contribution >= 4 is 6.47 Å². The predicted molar refractivity (Wildman–Crippen MR) is 49.5 cm³/mol. The Balaban J connectivity index is 4.56. The van der Waals surface area contributed by atoms with Crippen LogP contribution in [0.15, 0.2) is 0 Å². The first-order valence-electron chi connectivity index (χ1n) is 4.22. The maximum absolute atomic E-state index is 10.2. The summed E-state index contributed by atoms with van der Waals surface area (Å²) in [5, 5.41) is 0. The minimum Gasteiger partial charge on any atom is -0.453 e. The highest BCUT2D eigenvalue weighted by Gasteiger charge is 2.36. The molecule has 0 saturated carbocycles. The normalized spacial score (nSPS) is 13.2. The van der Waals surface area contributed by atoms with Crippen LogP contribution >= 0.6 is 0 Å². The first-order chi connectivity index (χ1) is 5.19. The molecule has 0 saturated heterocycles. The Hall–Kier alpha value is -0.530. The lowest BCUT2D eigenvalue weighted by Gasteiger charge is -2.38. The molecule has 0 atom stereocenters. The van der Waals surface area contributed by atoms with E-state index in [0.717, 1.165) is 0 Å². The number of ether oxygens (including phenoxy) is 1. The molecule has 0 aromatic rings. The largest absolute Gasteiger partial charge is 0.453 e. The Labute approximate surface area is 75.3 Å². The van der Waals surface area contributed by atoms with Crippen molar-refractivity contribution < 1.29 is 9.53 Å². The van der Waals surface area contributed by atoms with Gasteiger partial charge in [-0.15, -0.1) is 0 Å². The highest BCUT2D eigenvalue weighted by molar-refractivity contribution is 5.39. The molecule has 0 aliphatic carbocycles. The second-order valence-electron chi connectivity index (χ2n) is 5.31. The molecule has 0 aromatic heterocycles. The molecule has 0 aliphatic heterocycles. The van der Waals surface area contributed by atoms with E-state index in [1.54, 1.807) is 0 Å². The minimum atomic E-state index is -0.0949. The first kappa shape index (κ1) is 11.5. The molecule has 0 aliphatic rings. The lowest BCUT2D eigenvalue weighted by atomic mass is 9.74. The summed E-state index contributed by atoms with van der Waals surface area (Å²) in [7, 11) is 0. The molecule has 2 nitrogen and oxygen atoms in total. The summed E-state index contributed by atoms with van der Waals surface area (Å²) in [6, 6.07) is 0. The van der Waals surface area contributed by atoms with Gasteiger partial charge in [0.15, 0.2) is 0 Å². The van der Waals surface area contributed by atoms with E-state index in [0.29, 0.717) is 0 Å². The van der Waals surface area contributed by atoms with Gasteiger partial charge in [-0.05, 0) is 10.8 Å². The zero-order chi connectivity index (χ0) is 9.99. The van der Waals surface area contributed by atoms with Crippen LogP contribution in [-0.2, 0) is 9.53 Å². The van der Waals surface area contributed by atoms with Crippen LogP contribution < -0.4 is 0 Å². The summed E-state index contributed by atoms with van der Waals surface area (Å²) in [6.07, 6.45) is -0.0949. The summed E-state index contributed by atoms with van der Waals surface area (Å²) in [5.74, 6) is 0. The van der Waals surface area contributed by atoms with Crippen LogP contribution in [0.3, 0.4) is 0 Å². The van der Waals surface area contributed by atoms with E-state index in [9.17, 15) is 4.79 Å². The van der Waals surface area contributed by atoms with E-state index < -0.39 is 0 Å². The summed E-state index contributed by atoms with van der Waals surface area (Å²) < 4.78 is 4.97. The molecule has 0 heterocycles. The fraction of sp³-hybridized carbons (Fsp3) is 0.900. The van der Waals surface area contributed by atoms with E-state index >= 15 is 0 Å². The van der Waals surface area contributed by atoms with Crippen LogP contribution in [0.25, 0.3) is 0 Å². The number of hydrogen-bond acceptors (Lipinski definition) is 2. The molecule has 2 heteroatoms. The molecule has 0 fully saturated rings. The van der Waals surface area contributed by atoms with Crippen molar-refractivity contribution in [3.63, 3.8) is 0 Å². The van der Waals surface area contributed by atoms with Crippen molar-refractivity contribution in [2.24, 2.45) is 10.8 Å². The van der Waals surface area contributed by atoms with Gasteiger partial charge in [0, 0.05) is 0 Å². The van der Waals surface area contributed by atoms with Crippen molar-refractivity contribution in [1.29, 1.82) is 0 Å². The van der Waals surface area contributed by atoms with Gasteiger partial charge < -0.3 is 4.74 Å². The van der Waals surface area contributed by atoms with Gasteiger partial charge in [0.25, 0.3) is 0 Å². The molecule has 12 heavy (non-hydrogen) atoms. The summed E-state index contributed by atoms with van der Waals surface area (Å²) in [5.41, 5.74) is -0.0642. The molecule has 0 amide bonds. The Morgan fingerprint density at radius 2 is 1.33 bits per heavy atom. The Bertz CT molecular complexity index is 134. The second kappa shape index (κ2) is 3.46. The van der Waals surface area contributed by atoms with Crippen molar-refractivity contribution in [2.75, 3.05) is 0 Å². The van der Waals surface area contributed by atoms with Gasteiger partial charge in [-0.1, -0.05) is 41.5 Å². The van der Waals surface area contributed by atoms with Crippen molar-refractivity contribution in [2.45, 2.75) is 47.6 Å². The van der Waals surface area contributed by atoms with Gasteiger partial charge in [0.1, 0.15) is 6.10 Å². The average molecular weight is 171 g/mol. The van der Waals surface area contributed by atoms with E-state index in [1.807, 2.05) is 0 Å². The molecule has 0 N–H and O–H groups in total. The third-order valence-corrected chi connectivity index (χ3v) is 1.74. The van der Waals surface area contributed by atoms with Crippen molar-refractivity contribution in [1.82, 2.24) is 0 Å². The summed E-state index contributed by atoms with van der Waals surface area (Å²) in [6.45, 7) is 13.9. The van der Waals surface area contributed by atoms with Gasteiger partial charge in [-0.25, -0.2) is 4.79 Å². The zero-order valence-electron chi connectivity index (χ0n) is 8.89. The Morgan fingerprint density at radius 1 is 1.00 bits per heavy atom. The third kappa shape index (κ3) is 3.24. The lowest BCUT2D eigenvalue weighted by Crippen LogP contribution is -2.40. The molecule has 0 spiro atoms. The summed E-state index contributed by atoms with van der Waals surface area (Å²) in [4.78, 5) is 10.2. The quantitative estimate of drug-likeness (QED) is 0.638. The Morgan fingerprint density at radius 3 is 1.42 bits per heavy atom. The van der Waals surface area contributed by atoms with Crippen molar-refractivity contribution in [3.05, 3.63) is 0 Å². The lowest BCUT2D eigenvalue weighted by molar-refractivity contribution is -0.0133.